The molecule has 0 aliphatic carbocycles. The van der Waals surface area contributed by atoms with Crippen LogP contribution in [-0.4, -0.2) is 35.9 Å². The Balaban J connectivity index is 1.90. The van der Waals surface area contributed by atoms with Crippen molar-refractivity contribution in [3.63, 3.8) is 0 Å². The fourth-order valence-electron chi connectivity index (χ4n) is 1.81. The second-order valence-corrected chi connectivity index (χ2v) is 5.44. The number of carbonyl (C=O) groups is 1. The summed E-state index contributed by atoms with van der Waals surface area (Å²) in [6, 6.07) is 6.51. The van der Waals surface area contributed by atoms with Gasteiger partial charge in [-0.25, -0.2) is 0 Å². The van der Waals surface area contributed by atoms with E-state index in [-0.39, 0.29) is 18.8 Å². The zero-order chi connectivity index (χ0) is 17.5. The molecule has 0 aliphatic heterocycles. The summed E-state index contributed by atoms with van der Waals surface area (Å²) in [4.78, 5) is 11.9. The minimum Gasteiger partial charge on any atom is -0.497 e. The highest BCUT2D eigenvalue weighted by molar-refractivity contribution is 6.32. The first-order chi connectivity index (χ1) is 11.5. The molecule has 1 amide bonds. The van der Waals surface area contributed by atoms with E-state index < -0.39 is 12.0 Å². The van der Waals surface area contributed by atoms with E-state index in [0.29, 0.717) is 28.7 Å². The van der Waals surface area contributed by atoms with Crippen LogP contribution < -0.4 is 14.8 Å². The summed E-state index contributed by atoms with van der Waals surface area (Å²) >= 11 is 6.08. The highest BCUT2D eigenvalue weighted by Gasteiger charge is 2.14. The maximum Gasteiger partial charge on any atom is 0.273 e. The fraction of sp³-hybridized carbons (Fsp3) is 0.375. The largest absolute Gasteiger partial charge is 0.497 e. The maximum atomic E-state index is 11.9. The minimum atomic E-state index is -0.583. The smallest absolute Gasteiger partial charge is 0.273 e. The Morgan fingerprint density at radius 2 is 2.25 bits per heavy atom. The number of ether oxygens (including phenoxy) is 2. The molecule has 130 valence electrons. The van der Waals surface area contributed by atoms with Gasteiger partial charge in [0.05, 0.1) is 18.2 Å². The molecular weight excluding hydrogens is 336 g/mol. The molecule has 1 aromatic heterocycles. The van der Waals surface area contributed by atoms with Crippen LogP contribution in [0.5, 0.6) is 11.5 Å². The van der Waals surface area contributed by atoms with Crippen LogP contribution in [0.4, 0.5) is 0 Å². The molecule has 1 aromatic carbocycles. The van der Waals surface area contributed by atoms with Crippen molar-refractivity contribution in [1.29, 1.82) is 0 Å². The van der Waals surface area contributed by atoms with Crippen molar-refractivity contribution >= 4 is 17.5 Å². The summed E-state index contributed by atoms with van der Waals surface area (Å²) in [6.45, 7) is 2.06. The van der Waals surface area contributed by atoms with Crippen LogP contribution in [0.3, 0.4) is 0 Å². The molecule has 0 aliphatic rings. The minimum absolute atomic E-state index is 0.0733. The van der Waals surface area contributed by atoms with Crippen molar-refractivity contribution in [3.8, 4) is 11.5 Å². The van der Waals surface area contributed by atoms with Crippen LogP contribution >= 0.6 is 11.6 Å². The van der Waals surface area contributed by atoms with Gasteiger partial charge in [0.1, 0.15) is 18.1 Å². The van der Waals surface area contributed by atoms with E-state index in [4.69, 9.17) is 25.6 Å². The molecule has 7 nitrogen and oxygen atoms in total. The van der Waals surface area contributed by atoms with Crippen LogP contribution in [0.25, 0.3) is 0 Å². The summed E-state index contributed by atoms with van der Waals surface area (Å²) in [5, 5.41) is 16.1. The molecule has 0 fully saturated rings. The lowest BCUT2D eigenvalue weighted by Crippen LogP contribution is -2.31. The highest BCUT2D eigenvalue weighted by Crippen LogP contribution is 2.29. The zero-order valence-corrected chi connectivity index (χ0v) is 14.2. The zero-order valence-electron chi connectivity index (χ0n) is 13.4. The number of amides is 1. The number of carbonyl (C=O) groups excluding carboxylic acids is 1. The van der Waals surface area contributed by atoms with Crippen molar-refractivity contribution < 1.29 is 23.9 Å². The number of halogens is 1. The van der Waals surface area contributed by atoms with Crippen LogP contribution in [0.2, 0.25) is 5.02 Å². The van der Waals surface area contributed by atoms with Crippen LogP contribution in [0.1, 0.15) is 29.6 Å². The van der Waals surface area contributed by atoms with Crippen LogP contribution in [0, 0.1) is 0 Å². The number of aromatic nitrogens is 1. The van der Waals surface area contributed by atoms with Gasteiger partial charge in [0.25, 0.3) is 5.91 Å². The first kappa shape index (κ1) is 18.1. The Kier molecular flexibility index (Phi) is 6.45. The lowest BCUT2D eigenvalue weighted by atomic mass is 10.2. The third kappa shape index (κ3) is 4.87. The summed E-state index contributed by atoms with van der Waals surface area (Å²) < 4.78 is 15.7. The SMILES string of the molecule is CCC(O)CNC(=O)c1cc(COc2ccc(OC)cc2Cl)on1. The topological polar surface area (TPSA) is 93.8 Å². The highest BCUT2D eigenvalue weighted by atomic mass is 35.5. The summed E-state index contributed by atoms with van der Waals surface area (Å²) in [5.74, 6) is 1.05. The molecule has 0 radical (unpaired) electrons. The van der Waals surface area contributed by atoms with E-state index in [9.17, 15) is 9.90 Å². The standard InChI is InChI=1S/C16H19ClN2O5/c1-3-10(20)8-18-16(21)14-7-12(24-19-14)9-23-15-5-4-11(22-2)6-13(15)17/h4-7,10,20H,3,8-9H2,1-2H3,(H,18,21). The van der Waals surface area contributed by atoms with Crippen LogP contribution in [0.15, 0.2) is 28.8 Å². The molecule has 0 bridgehead atoms. The van der Waals surface area contributed by atoms with Gasteiger partial charge in [0.15, 0.2) is 11.5 Å². The van der Waals surface area contributed by atoms with Gasteiger partial charge >= 0.3 is 0 Å². The van der Waals surface area contributed by atoms with Gasteiger partial charge in [-0.05, 0) is 18.6 Å². The van der Waals surface area contributed by atoms with Crippen molar-refractivity contribution in [3.05, 3.63) is 40.7 Å². The van der Waals surface area contributed by atoms with Crippen molar-refractivity contribution in [2.24, 2.45) is 0 Å². The van der Waals surface area contributed by atoms with E-state index in [2.05, 4.69) is 10.5 Å². The lowest BCUT2D eigenvalue weighted by Gasteiger charge is -2.07. The van der Waals surface area contributed by atoms with E-state index in [1.54, 1.807) is 25.3 Å². The third-order valence-corrected chi connectivity index (χ3v) is 3.57. The molecule has 2 aromatic rings. The molecule has 1 heterocycles. The van der Waals surface area contributed by atoms with E-state index in [0.717, 1.165) is 0 Å². The molecule has 1 unspecified atom stereocenters. The number of aliphatic hydroxyl groups is 1. The number of nitrogens with zero attached hydrogens (tertiary/aromatic N) is 1. The first-order valence-electron chi connectivity index (χ1n) is 7.41. The molecule has 8 heteroatoms. The quantitative estimate of drug-likeness (QED) is 0.756. The second-order valence-electron chi connectivity index (χ2n) is 5.04. The molecule has 2 N–H and O–H groups in total. The van der Waals surface area contributed by atoms with Gasteiger partial charge in [-0.1, -0.05) is 23.7 Å². The number of hydrogen-bond donors (Lipinski definition) is 2. The monoisotopic (exact) mass is 354 g/mol. The number of aliphatic hydroxyl groups excluding tert-OH is 1. The fourth-order valence-corrected chi connectivity index (χ4v) is 2.03. The van der Waals surface area contributed by atoms with Gasteiger partial charge in [-0.3, -0.25) is 4.79 Å². The summed E-state index contributed by atoms with van der Waals surface area (Å²) in [6.07, 6.45) is -0.0262. The molecule has 2 rings (SSSR count). The first-order valence-corrected chi connectivity index (χ1v) is 7.79. The average Bonchev–Trinajstić information content (AvgIpc) is 3.07. The van der Waals surface area contributed by atoms with E-state index in [1.807, 2.05) is 6.92 Å². The van der Waals surface area contributed by atoms with Gasteiger partial charge in [-0.2, -0.15) is 0 Å². The lowest BCUT2D eigenvalue weighted by molar-refractivity contribution is 0.0904. The molecule has 0 saturated heterocycles. The Bertz CT molecular complexity index is 689. The second kappa shape index (κ2) is 8.56. The Morgan fingerprint density at radius 3 is 2.92 bits per heavy atom. The third-order valence-electron chi connectivity index (χ3n) is 3.27. The molecule has 0 saturated carbocycles. The number of methoxy groups -OCH3 is 1. The number of hydrogen-bond acceptors (Lipinski definition) is 6. The summed E-state index contributed by atoms with van der Waals surface area (Å²) in [7, 11) is 1.55. The molecular formula is C16H19ClN2O5. The van der Waals surface area contributed by atoms with Crippen molar-refractivity contribution in [2.45, 2.75) is 26.1 Å². The van der Waals surface area contributed by atoms with Gasteiger partial charge < -0.3 is 24.4 Å². The van der Waals surface area contributed by atoms with Gasteiger partial charge in [0.2, 0.25) is 0 Å². The van der Waals surface area contributed by atoms with Crippen molar-refractivity contribution in [1.82, 2.24) is 10.5 Å². The summed E-state index contributed by atoms with van der Waals surface area (Å²) in [5.41, 5.74) is 0.123. The average molecular weight is 355 g/mol. The Hall–Kier alpha value is -2.25. The van der Waals surface area contributed by atoms with Crippen LogP contribution in [-0.2, 0) is 6.61 Å². The number of nitrogens with one attached hydrogen (secondary N) is 1. The number of rotatable bonds is 8. The molecule has 24 heavy (non-hydrogen) atoms. The number of benzene rings is 1. The van der Waals surface area contributed by atoms with Gasteiger partial charge in [0, 0.05) is 18.7 Å². The Morgan fingerprint density at radius 1 is 1.46 bits per heavy atom. The Labute approximate surface area is 144 Å². The van der Waals surface area contributed by atoms with Gasteiger partial charge in [-0.15, -0.1) is 0 Å². The van der Waals surface area contributed by atoms with E-state index >= 15 is 0 Å². The molecule has 1 atom stereocenters. The van der Waals surface area contributed by atoms with E-state index in [1.165, 1.54) is 6.07 Å². The molecule has 0 spiro atoms. The predicted octanol–water partition coefficient (Wildman–Crippen LogP) is 2.42. The van der Waals surface area contributed by atoms with Crippen molar-refractivity contribution in [2.75, 3.05) is 13.7 Å². The predicted molar refractivity (Wildman–Crippen MR) is 87.5 cm³/mol. The normalized spacial score (nSPS) is 11.8. The maximum absolute atomic E-state index is 11.9.